The van der Waals surface area contributed by atoms with Gasteiger partial charge in [-0.3, -0.25) is 4.90 Å². The molecule has 92 valence electrons. The molecule has 0 radical (unpaired) electrons. The number of nitrogens with zero attached hydrogens (tertiary/aromatic N) is 2. The Labute approximate surface area is 107 Å². The van der Waals surface area contributed by atoms with Crippen molar-refractivity contribution in [2.75, 3.05) is 13.1 Å². The molecule has 0 bridgehead atoms. The topological polar surface area (TPSA) is 42.2 Å². The summed E-state index contributed by atoms with van der Waals surface area (Å²) in [5.41, 5.74) is 8.85. The number of nitrogens with two attached hydrogens (primary N) is 1. The lowest BCUT2D eigenvalue weighted by Gasteiger charge is -2.20. The Bertz CT molecular complexity index is 329. The molecule has 0 aromatic carbocycles. The monoisotopic (exact) mass is 261 g/mol. The summed E-state index contributed by atoms with van der Waals surface area (Å²) < 4.78 is 0. The van der Waals surface area contributed by atoms with Gasteiger partial charge in [-0.25, -0.2) is 4.98 Å². The van der Waals surface area contributed by atoms with Crippen LogP contribution in [0.15, 0.2) is 5.51 Å². The van der Waals surface area contributed by atoms with Crippen LogP contribution in [0, 0.1) is 12.8 Å². The number of hydrogen-bond donors (Lipinski definition) is 1. The molecule has 3 nitrogen and oxygen atoms in total. The molecule has 1 aromatic rings. The van der Waals surface area contributed by atoms with E-state index < -0.39 is 0 Å². The summed E-state index contributed by atoms with van der Waals surface area (Å²) >= 11 is 1.76. The van der Waals surface area contributed by atoms with Gasteiger partial charge in [0, 0.05) is 24.0 Å². The molecule has 0 amide bonds. The Morgan fingerprint density at radius 3 is 2.88 bits per heavy atom. The van der Waals surface area contributed by atoms with E-state index in [-0.39, 0.29) is 12.4 Å². The molecule has 2 unspecified atom stereocenters. The van der Waals surface area contributed by atoms with Crippen molar-refractivity contribution >= 4 is 23.7 Å². The maximum atomic E-state index is 5.73. The van der Waals surface area contributed by atoms with Crippen LogP contribution in [-0.2, 0) is 6.54 Å². The lowest BCUT2D eigenvalue weighted by Crippen LogP contribution is -2.27. The lowest BCUT2D eigenvalue weighted by atomic mass is 10.1. The third-order valence-corrected chi connectivity index (χ3v) is 4.24. The molecule has 5 heteroatoms. The van der Waals surface area contributed by atoms with Crippen LogP contribution in [0.4, 0.5) is 0 Å². The smallest absolute Gasteiger partial charge is 0.0798 e. The second kappa shape index (κ2) is 5.96. The minimum absolute atomic E-state index is 0. The maximum absolute atomic E-state index is 5.73. The van der Waals surface area contributed by atoms with E-state index in [9.17, 15) is 0 Å². The summed E-state index contributed by atoms with van der Waals surface area (Å²) in [5, 5.41) is 0. The van der Waals surface area contributed by atoms with Crippen LogP contribution >= 0.6 is 23.7 Å². The first-order valence-electron chi connectivity index (χ1n) is 5.53. The number of rotatable bonds is 3. The van der Waals surface area contributed by atoms with Crippen molar-refractivity contribution in [3.63, 3.8) is 0 Å². The first-order chi connectivity index (χ1) is 7.20. The summed E-state index contributed by atoms with van der Waals surface area (Å²) in [6.45, 7) is 7.41. The van der Waals surface area contributed by atoms with Gasteiger partial charge in [0.2, 0.25) is 0 Å². The number of aromatic nitrogens is 1. The van der Waals surface area contributed by atoms with Crippen LogP contribution < -0.4 is 5.73 Å². The minimum Gasteiger partial charge on any atom is -0.330 e. The van der Waals surface area contributed by atoms with Crippen LogP contribution in [0.5, 0.6) is 0 Å². The van der Waals surface area contributed by atoms with Crippen LogP contribution in [-0.4, -0.2) is 29.0 Å². The van der Waals surface area contributed by atoms with Gasteiger partial charge in [-0.05, 0) is 32.7 Å². The van der Waals surface area contributed by atoms with E-state index in [0.717, 1.165) is 19.6 Å². The summed E-state index contributed by atoms with van der Waals surface area (Å²) in [5.74, 6) is 0.688. The summed E-state index contributed by atoms with van der Waals surface area (Å²) in [6, 6.07) is 0.667. The van der Waals surface area contributed by atoms with Crippen molar-refractivity contribution in [3.8, 4) is 0 Å². The van der Waals surface area contributed by atoms with Gasteiger partial charge < -0.3 is 5.73 Å². The van der Waals surface area contributed by atoms with E-state index in [2.05, 4.69) is 23.7 Å². The molecule has 0 aliphatic carbocycles. The van der Waals surface area contributed by atoms with Gasteiger partial charge in [0.05, 0.1) is 11.2 Å². The van der Waals surface area contributed by atoms with Gasteiger partial charge in [0.1, 0.15) is 0 Å². The molecule has 1 aromatic heterocycles. The number of hydrogen-bond acceptors (Lipinski definition) is 4. The predicted molar refractivity (Wildman–Crippen MR) is 71.1 cm³/mol. The van der Waals surface area contributed by atoms with Gasteiger partial charge in [-0.15, -0.1) is 23.7 Å². The van der Waals surface area contributed by atoms with Crippen molar-refractivity contribution in [2.24, 2.45) is 11.7 Å². The number of thiazole rings is 1. The van der Waals surface area contributed by atoms with Crippen LogP contribution in [0.25, 0.3) is 0 Å². The van der Waals surface area contributed by atoms with Crippen molar-refractivity contribution in [3.05, 3.63) is 16.1 Å². The van der Waals surface area contributed by atoms with Crippen molar-refractivity contribution < 1.29 is 0 Å². The number of aryl methyl sites for hydroxylation is 1. The number of likely N-dealkylation sites (tertiary alicyclic amines) is 1. The Kier molecular flexibility index (Phi) is 5.18. The zero-order chi connectivity index (χ0) is 10.8. The molecular weight excluding hydrogens is 242 g/mol. The Balaban J connectivity index is 0.00000128. The van der Waals surface area contributed by atoms with E-state index >= 15 is 0 Å². The van der Waals surface area contributed by atoms with Gasteiger partial charge in [0.25, 0.3) is 0 Å². The van der Waals surface area contributed by atoms with Gasteiger partial charge in [0.15, 0.2) is 0 Å². The van der Waals surface area contributed by atoms with Crippen molar-refractivity contribution in [1.29, 1.82) is 0 Å². The molecule has 2 N–H and O–H groups in total. The SMILES string of the molecule is Cc1ncsc1CN1CC(CN)CC1C.Cl. The lowest BCUT2D eigenvalue weighted by molar-refractivity contribution is 0.257. The quantitative estimate of drug-likeness (QED) is 0.906. The Morgan fingerprint density at radius 1 is 1.62 bits per heavy atom. The first-order valence-corrected chi connectivity index (χ1v) is 6.41. The Morgan fingerprint density at radius 2 is 2.38 bits per heavy atom. The average Bonchev–Trinajstić information content (AvgIpc) is 2.76. The fourth-order valence-electron chi connectivity index (χ4n) is 2.27. The fraction of sp³-hybridized carbons (Fsp3) is 0.727. The number of halogens is 1. The Hall–Kier alpha value is -0.160. The third kappa shape index (κ3) is 2.94. The fourth-order valence-corrected chi connectivity index (χ4v) is 3.07. The molecule has 1 aliphatic rings. The molecule has 2 rings (SSSR count). The van der Waals surface area contributed by atoms with E-state index in [0.29, 0.717) is 12.0 Å². The predicted octanol–water partition coefficient (Wildman–Crippen LogP) is 2.04. The highest BCUT2D eigenvalue weighted by molar-refractivity contribution is 7.09. The largest absolute Gasteiger partial charge is 0.330 e. The zero-order valence-corrected chi connectivity index (χ0v) is 11.5. The minimum atomic E-state index is 0. The summed E-state index contributed by atoms with van der Waals surface area (Å²) in [7, 11) is 0. The highest BCUT2D eigenvalue weighted by atomic mass is 35.5. The van der Waals surface area contributed by atoms with Crippen LogP contribution in [0.2, 0.25) is 0 Å². The van der Waals surface area contributed by atoms with Crippen molar-refractivity contribution in [1.82, 2.24) is 9.88 Å². The molecule has 1 fully saturated rings. The first kappa shape index (κ1) is 13.9. The van der Waals surface area contributed by atoms with Gasteiger partial charge in [-0.1, -0.05) is 0 Å². The molecule has 16 heavy (non-hydrogen) atoms. The molecule has 2 heterocycles. The highest BCUT2D eigenvalue weighted by Crippen LogP contribution is 2.25. The highest BCUT2D eigenvalue weighted by Gasteiger charge is 2.28. The van der Waals surface area contributed by atoms with E-state index in [4.69, 9.17) is 5.73 Å². The maximum Gasteiger partial charge on any atom is 0.0798 e. The molecule has 0 spiro atoms. The molecular formula is C11H20ClN3S. The average molecular weight is 262 g/mol. The zero-order valence-electron chi connectivity index (χ0n) is 9.85. The van der Waals surface area contributed by atoms with E-state index in [1.807, 2.05) is 5.51 Å². The van der Waals surface area contributed by atoms with E-state index in [1.165, 1.54) is 17.0 Å². The van der Waals surface area contributed by atoms with Crippen LogP contribution in [0.1, 0.15) is 23.9 Å². The van der Waals surface area contributed by atoms with Crippen LogP contribution in [0.3, 0.4) is 0 Å². The molecule has 1 saturated heterocycles. The normalized spacial score (nSPS) is 25.7. The molecule has 1 aliphatic heterocycles. The second-order valence-electron chi connectivity index (χ2n) is 4.48. The summed E-state index contributed by atoms with van der Waals surface area (Å²) in [4.78, 5) is 8.22. The van der Waals surface area contributed by atoms with Gasteiger partial charge >= 0.3 is 0 Å². The third-order valence-electron chi connectivity index (χ3n) is 3.32. The van der Waals surface area contributed by atoms with Gasteiger partial charge in [-0.2, -0.15) is 0 Å². The molecule has 2 atom stereocenters. The van der Waals surface area contributed by atoms with E-state index in [1.54, 1.807) is 11.3 Å². The summed E-state index contributed by atoms with van der Waals surface area (Å²) in [6.07, 6.45) is 1.24. The standard InChI is InChI=1S/C11H19N3S.ClH/c1-8-3-10(4-12)5-14(8)6-11-9(2)13-7-15-11;/h7-8,10H,3-6,12H2,1-2H3;1H. The molecule has 0 saturated carbocycles. The second-order valence-corrected chi connectivity index (χ2v) is 5.42. The van der Waals surface area contributed by atoms with Crippen molar-refractivity contribution in [2.45, 2.75) is 32.9 Å².